The second-order valence-electron chi connectivity index (χ2n) is 4.62. The molecule has 0 atom stereocenters. The molecule has 0 unspecified atom stereocenters. The first kappa shape index (κ1) is 11.6. The van der Waals surface area contributed by atoms with Gasteiger partial charge in [-0.05, 0) is 36.5 Å². The number of H-pyrrole nitrogens is 1. The summed E-state index contributed by atoms with van der Waals surface area (Å²) in [5.74, 6) is -1.93. The molecule has 1 aromatic heterocycles. The average molecular weight is 256 g/mol. The molecule has 19 heavy (non-hydrogen) atoms. The Morgan fingerprint density at radius 2 is 2.00 bits per heavy atom. The van der Waals surface area contributed by atoms with Crippen molar-refractivity contribution >= 4 is 11.8 Å². The number of benzene rings is 1. The van der Waals surface area contributed by atoms with Gasteiger partial charge in [-0.2, -0.15) is 0 Å². The number of nitrogens with one attached hydrogen (secondary N) is 1. The third-order valence-corrected chi connectivity index (χ3v) is 3.39. The van der Waals surface area contributed by atoms with Crippen LogP contribution in [0.4, 0.5) is 0 Å². The number of carbonyl (C=O) groups excluding carboxylic acids is 1. The van der Waals surface area contributed by atoms with Crippen LogP contribution >= 0.6 is 0 Å². The zero-order valence-electron chi connectivity index (χ0n) is 10.1. The Bertz CT molecular complexity index is 673. The molecule has 0 bridgehead atoms. The van der Waals surface area contributed by atoms with Crippen LogP contribution in [0.25, 0.3) is 11.4 Å². The normalized spacial score (nSPS) is 13.3. The highest BCUT2D eigenvalue weighted by atomic mass is 16.4. The van der Waals surface area contributed by atoms with Crippen LogP contribution < -0.4 is 0 Å². The number of aromatic amines is 1. The minimum absolute atomic E-state index is 0.00278. The van der Waals surface area contributed by atoms with Gasteiger partial charge >= 0.3 is 5.97 Å². The maximum atomic E-state index is 11.3. The SMILES string of the molecule is O=C(O)C(=O)c1cnc(-c2ccc3c(c2)CCC3)[nH]1. The number of nitrogens with zero attached hydrogens (tertiary/aromatic N) is 1. The van der Waals surface area contributed by atoms with E-state index in [9.17, 15) is 9.59 Å². The van der Waals surface area contributed by atoms with E-state index in [2.05, 4.69) is 22.1 Å². The zero-order chi connectivity index (χ0) is 13.4. The van der Waals surface area contributed by atoms with Gasteiger partial charge in [-0.25, -0.2) is 9.78 Å². The molecular formula is C14H12N2O3. The Morgan fingerprint density at radius 3 is 2.79 bits per heavy atom. The summed E-state index contributed by atoms with van der Waals surface area (Å²) >= 11 is 0. The number of hydrogen-bond acceptors (Lipinski definition) is 3. The van der Waals surface area contributed by atoms with E-state index in [0.29, 0.717) is 5.82 Å². The topological polar surface area (TPSA) is 83.0 Å². The second kappa shape index (κ2) is 4.35. The van der Waals surface area contributed by atoms with Gasteiger partial charge in [-0.1, -0.05) is 12.1 Å². The number of imidazole rings is 1. The second-order valence-corrected chi connectivity index (χ2v) is 4.62. The standard InChI is InChI=1S/C14H12N2O3/c17-12(14(18)19)11-7-15-13(16-11)10-5-4-8-2-1-3-9(8)6-10/h4-7H,1-3H2,(H,15,16)(H,18,19). The lowest BCUT2D eigenvalue weighted by Crippen LogP contribution is -2.12. The summed E-state index contributed by atoms with van der Waals surface area (Å²) in [5.41, 5.74) is 3.55. The lowest BCUT2D eigenvalue weighted by Gasteiger charge is -2.02. The van der Waals surface area contributed by atoms with Gasteiger partial charge in [0.2, 0.25) is 0 Å². The third-order valence-electron chi connectivity index (χ3n) is 3.39. The highest BCUT2D eigenvalue weighted by molar-refractivity contribution is 6.39. The van der Waals surface area contributed by atoms with Gasteiger partial charge in [0.1, 0.15) is 11.5 Å². The maximum Gasteiger partial charge on any atom is 0.378 e. The molecule has 0 saturated carbocycles. The summed E-state index contributed by atoms with van der Waals surface area (Å²) in [4.78, 5) is 28.7. The molecule has 1 aliphatic carbocycles. The van der Waals surface area contributed by atoms with E-state index in [-0.39, 0.29) is 5.69 Å². The molecule has 96 valence electrons. The summed E-state index contributed by atoms with van der Waals surface area (Å²) in [7, 11) is 0. The molecule has 0 saturated heterocycles. The summed E-state index contributed by atoms with van der Waals surface area (Å²) in [6, 6.07) is 6.06. The number of carboxylic acids is 1. The molecule has 0 radical (unpaired) electrons. The molecule has 1 aromatic carbocycles. The van der Waals surface area contributed by atoms with E-state index in [4.69, 9.17) is 5.11 Å². The number of fused-ring (bicyclic) bond motifs is 1. The summed E-state index contributed by atoms with van der Waals surface area (Å²) in [6.45, 7) is 0. The average Bonchev–Trinajstić information content (AvgIpc) is 3.05. The van der Waals surface area contributed by atoms with Crippen molar-refractivity contribution in [3.63, 3.8) is 0 Å². The van der Waals surface area contributed by atoms with Crippen molar-refractivity contribution in [3.8, 4) is 11.4 Å². The summed E-state index contributed by atoms with van der Waals surface area (Å²) < 4.78 is 0. The molecular weight excluding hydrogens is 244 g/mol. The predicted molar refractivity (Wildman–Crippen MR) is 68.0 cm³/mol. The van der Waals surface area contributed by atoms with Gasteiger partial charge in [-0.15, -0.1) is 0 Å². The first-order chi connectivity index (χ1) is 9.15. The number of aliphatic carboxylic acids is 1. The lowest BCUT2D eigenvalue weighted by atomic mass is 10.1. The van der Waals surface area contributed by atoms with Crippen molar-refractivity contribution in [1.29, 1.82) is 0 Å². The van der Waals surface area contributed by atoms with Gasteiger partial charge in [0.15, 0.2) is 0 Å². The molecule has 5 heteroatoms. The number of ketones is 1. The van der Waals surface area contributed by atoms with Crippen molar-refractivity contribution in [2.24, 2.45) is 0 Å². The van der Waals surface area contributed by atoms with Crippen LogP contribution in [0.2, 0.25) is 0 Å². The van der Waals surface area contributed by atoms with Crippen molar-refractivity contribution in [2.45, 2.75) is 19.3 Å². The van der Waals surface area contributed by atoms with Gasteiger partial charge in [0.25, 0.3) is 5.78 Å². The Morgan fingerprint density at radius 1 is 1.21 bits per heavy atom. The summed E-state index contributed by atoms with van der Waals surface area (Å²) in [6.07, 6.45) is 4.60. The number of carboxylic acid groups (broad SMARTS) is 1. The number of carbonyl (C=O) groups is 2. The predicted octanol–water partition coefficient (Wildman–Crippen LogP) is 1.83. The molecule has 1 aliphatic rings. The molecule has 2 N–H and O–H groups in total. The van der Waals surface area contributed by atoms with Crippen LogP contribution in [-0.2, 0) is 17.6 Å². The van der Waals surface area contributed by atoms with Crippen LogP contribution in [0.1, 0.15) is 28.0 Å². The molecule has 0 aliphatic heterocycles. The lowest BCUT2D eigenvalue weighted by molar-refractivity contribution is -0.131. The zero-order valence-corrected chi connectivity index (χ0v) is 10.1. The Kier molecular flexibility index (Phi) is 2.67. The summed E-state index contributed by atoms with van der Waals surface area (Å²) in [5, 5.41) is 8.64. The molecule has 2 aromatic rings. The van der Waals surface area contributed by atoms with E-state index in [1.807, 2.05) is 6.07 Å². The van der Waals surface area contributed by atoms with Crippen molar-refractivity contribution in [1.82, 2.24) is 9.97 Å². The van der Waals surface area contributed by atoms with E-state index >= 15 is 0 Å². The Hall–Kier alpha value is -2.43. The molecule has 5 nitrogen and oxygen atoms in total. The van der Waals surface area contributed by atoms with Crippen LogP contribution in [-0.4, -0.2) is 26.8 Å². The van der Waals surface area contributed by atoms with Crippen molar-refractivity contribution < 1.29 is 14.7 Å². The molecule has 3 rings (SSSR count). The molecule has 1 heterocycles. The third kappa shape index (κ3) is 2.03. The molecule has 0 spiro atoms. The minimum atomic E-state index is -1.48. The van der Waals surface area contributed by atoms with E-state index in [1.165, 1.54) is 23.7 Å². The fourth-order valence-electron chi connectivity index (χ4n) is 2.42. The van der Waals surface area contributed by atoms with Gasteiger partial charge in [-0.3, -0.25) is 4.79 Å². The fraction of sp³-hybridized carbons (Fsp3) is 0.214. The highest BCUT2D eigenvalue weighted by Gasteiger charge is 2.18. The van der Waals surface area contributed by atoms with Crippen LogP contribution in [0, 0.1) is 0 Å². The first-order valence-electron chi connectivity index (χ1n) is 6.10. The monoisotopic (exact) mass is 256 g/mol. The number of aryl methyl sites for hydroxylation is 2. The number of hydrogen-bond donors (Lipinski definition) is 2. The Labute approximate surface area is 109 Å². The smallest absolute Gasteiger partial charge is 0.378 e. The van der Waals surface area contributed by atoms with Gasteiger partial charge < -0.3 is 10.1 Å². The van der Waals surface area contributed by atoms with Crippen LogP contribution in [0.15, 0.2) is 24.4 Å². The fourth-order valence-corrected chi connectivity index (χ4v) is 2.42. The van der Waals surface area contributed by atoms with E-state index < -0.39 is 11.8 Å². The van der Waals surface area contributed by atoms with Crippen LogP contribution in [0.3, 0.4) is 0 Å². The highest BCUT2D eigenvalue weighted by Crippen LogP contribution is 2.26. The molecule has 0 amide bonds. The van der Waals surface area contributed by atoms with E-state index in [0.717, 1.165) is 18.4 Å². The van der Waals surface area contributed by atoms with Crippen LogP contribution in [0.5, 0.6) is 0 Å². The number of aromatic nitrogens is 2. The van der Waals surface area contributed by atoms with Crippen molar-refractivity contribution in [3.05, 3.63) is 41.2 Å². The minimum Gasteiger partial charge on any atom is -0.475 e. The number of rotatable bonds is 3. The van der Waals surface area contributed by atoms with E-state index in [1.54, 1.807) is 0 Å². The largest absolute Gasteiger partial charge is 0.475 e. The maximum absolute atomic E-state index is 11.3. The number of Topliss-reactive ketones (excluding diaryl/α,β-unsaturated/α-hetero) is 1. The van der Waals surface area contributed by atoms with Gasteiger partial charge in [0, 0.05) is 5.56 Å². The van der Waals surface area contributed by atoms with Gasteiger partial charge in [0.05, 0.1) is 6.20 Å². The quantitative estimate of drug-likeness (QED) is 0.648. The van der Waals surface area contributed by atoms with Crippen molar-refractivity contribution in [2.75, 3.05) is 0 Å². The molecule has 0 fully saturated rings. The first-order valence-corrected chi connectivity index (χ1v) is 6.10. The Balaban J connectivity index is 1.95.